The lowest BCUT2D eigenvalue weighted by Crippen LogP contribution is -2.03. The van der Waals surface area contributed by atoms with Crippen molar-refractivity contribution in [1.82, 2.24) is 9.55 Å². The van der Waals surface area contributed by atoms with E-state index in [1.165, 1.54) is 17.1 Å². The normalized spacial score (nSPS) is 10.9. The molecule has 3 rings (SSSR count). The second-order valence-corrected chi connectivity index (χ2v) is 4.37. The second-order valence-electron chi connectivity index (χ2n) is 4.37. The Balaban J connectivity index is 2.07. The molecule has 1 N–H and O–H groups in total. The maximum Gasteiger partial charge on any atom is 0.381 e. The molecule has 8 heteroatoms. The molecular weight excluding hydrogens is 278 g/mol. The van der Waals surface area contributed by atoms with E-state index in [0.717, 1.165) is 0 Å². The van der Waals surface area contributed by atoms with Crippen LogP contribution < -0.4 is 0 Å². The van der Waals surface area contributed by atoms with Crippen LogP contribution >= 0.6 is 0 Å². The van der Waals surface area contributed by atoms with Gasteiger partial charge in [0.2, 0.25) is 12.1 Å². The van der Waals surface area contributed by atoms with Crippen LogP contribution in [0.15, 0.2) is 41.2 Å². The molecular formula is C13H9N3O5. The van der Waals surface area contributed by atoms with E-state index in [4.69, 9.17) is 4.42 Å². The maximum absolute atomic E-state index is 11.3. The van der Waals surface area contributed by atoms with Crippen LogP contribution in [0.1, 0.15) is 16.1 Å². The molecule has 0 aliphatic carbocycles. The third kappa shape index (κ3) is 2.22. The Bertz CT molecular complexity index is 848. The molecule has 0 saturated heterocycles. The van der Waals surface area contributed by atoms with Crippen molar-refractivity contribution in [2.45, 2.75) is 6.54 Å². The van der Waals surface area contributed by atoms with Gasteiger partial charge in [0.15, 0.2) is 0 Å². The third-order valence-electron chi connectivity index (χ3n) is 3.04. The predicted molar refractivity (Wildman–Crippen MR) is 71.2 cm³/mol. The average molecular weight is 287 g/mol. The summed E-state index contributed by atoms with van der Waals surface area (Å²) in [6.07, 6.45) is 2.53. The molecule has 0 unspecified atom stereocenters. The molecule has 106 valence electrons. The molecule has 0 saturated carbocycles. The molecule has 0 aliphatic rings. The van der Waals surface area contributed by atoms with E-state index >= 15 is 0 Å². The zero-order chi connectivity index (χ0) is 15.0. The van der Waals surface area contributed by atoms with Crippen molar-refractivity contribution in [1.29, 1.82) is 0 Å². The molecule has 0 spiro atoms. The van der Waals surface area contributed by atoms with E-state index in [1.54, 1.807) is 24.3 Å². The number of aromatic nitrogens is 2. The molecule has 0 atom stereocenters. The number of hydrogen-bond acceptors (Lipinski definition) is 5. The first-order valence-corrected chi connectivity index (χ1v) is 5.96. The van der Waals surface area contributed by atoms with Crippen LogP contribution in [0.3, 0.4) is 0 Å². The third-order valence-corrected chi connectivity index (χ3v) is 3.04. The first kappa shape index (κ1) is 12.9. The number of carboxylic acid groups (broad SMARTS) is 1. The fourth-order valence-corrected chi connectivity index (χ4v) is 2.14. The highest BCUT2D eigenvalue weighted by molar-refractivity contribution is 5.95. The van der Waals surface area contributed by atoms with Gasteiger partial charge in [0.25, 0.3) is 0 Å². The van der Waals surface area contributed by atoms with Gasteiger partial charge < -0.3 is 24.2 Å². The van der Waals surface area contributed by atoms with Crippen LogP contribution in [0.25, 0.3) is 11.0 Å². The number of carboxylic acids is 1. The van der Waals surface area contributed by atoms with Crippen molar-refractivity contribution in [3.05, 3.63) is 58.2 Å². The minimum Gasteiger partial charge on any atom is -0.475 e. The van der Waals surface area contributed by atoms with Crippen LogP contribution in [-0.4, -0.2) is 25.6 Å². The van der Waals surface area contributed by atoms with E-state index in [-0.39, 0.29) is 18.1 Å². The number of nitrogens with zero attached hydrogens (tertiary/aromatic N) is 3. The standard InChI is InChI=1S/C13H9N3O5/c17-13(18)12-9(8-3-1-2-4-10(8)21-12)5-15-6-11(14-7-15)16(19)20/h1-4,6-7H,5H2,(H,17,18). The fraction of sp³-hybridized carbons (Fsp3) is 0.0769. The fourth-order valence-electron chi connectivity index (χ4n) is 2.14. The summed E-state index contributed by atoms with van der Waals surface area (Å²) in [5, 5.41) is 20.5. The Morgan fingerprint density at radius 3 is 2.86 bits per heavy atom. The van der Waals surface area contributed by atoms with E-state index in [1.807, 2.05) is 0 Å². The van der Waals surface area contributed by atoms with Crippen LogP contribution in [0, 0.1) is 10.1 Å². The highest BCUT2D eigenvalue weighted by Crippen LogP contribution is 2.27. The quantitative estimate of drug-likeness (QED) is 0.582. The van der Waals surface area contributed by atoms with Crippen molar-refractivity contribution in [3.8, 4) is 0 Å². The van der Waals surface area contributed by atoms with Gasteiger partial charge in [0.1, 0.15) is 11.8 Å². The monoisotopic (exact) mass is 287 g/mol. The smallest absolute Gasteiger partial charge is 0.381 e. The number of para-hydroxylation sites is 1. The highest BCUT2D eigenvalue weighted by Gasteiger charge is 2.21. The number of rotatable bonds is 4. The Hall–Kier alpha value is -3.16. The summed E-state index contributed by atoms with van der Waals surface area (Å²) in [5.41, 5.74) is 0.907. The molecule has 8 nitrogen and oxygen atoms in total. The van der Waals surface area contributed by atoms with Crippen molar-refractivity contribution in [2.75, 3.05) is 0 Å². The summed E-state index contributed by atoms with van der Waals surface area (Å²) >= 11 is 0. The van der Waals surface area contributed by atoms with E-state index < -0.39 is 10.9 Å². The van der Waals surface area contributed by atoms with E-state index in [2.05, 4.69) is 4.98 Å². The lowest BCUT2D eigenvalue weighted by atomic mass is 10.1. The van der Waals surface area contributed by atoms with Crippen LogP contribution in [0.5, 0.6) is 0 Å². The van der Waals surface area contributed by atoms with Gasteiger partial charge in [0.05, 0.1) is 6.54 Å². The second kappa shape index (κ2) is 4.75. The largest absolute Gasteiger partial charge is 0.475 e. The first-order valence-electron chi connectivity index (χ1n) is 5.96. The summed E-state index contributed by atoms with van der Waals surface area (Å²) in [7, 11) is 0. The molecule has 0 radical (unpaired) electrons. The number of imidazole rings is 1. The van der Waals surface area contributed by atoms with Gasteiger partial charge in [-0.25, -0.2) is 4.79 Å². The number of furan rings is 1. The topological polar surface area (TPSA) is 111 Å². The number of aromatic carboxylic acids is 1. The molecule has 0 bridgehead atoms. The van der Waals surface area contributed by atoms with Crippen molar-refractivity contribution in [2.24, 2.45) is 0 Å². The first-order chi connectivity index (χ1) is 10.1. The predicted octanol–water partition coefficient (Wildman–Crippen LogP) is 2.28. The molecule has 2 aromatic heterocycles. The van der Waals surface area contributed by atoms with Crippen LogP contribution in [0.4, 0.5) is 5.82 Å². The average Bonchev–Trinajstić information content (AvgIpc) is 3.05. The highest BCUT2D eigenvalue weighted by atomic mass is 16.6. The van der Waals surface area contributed by atoms with Gasteiger partial charge in [0, 0.05) is 10.9 Å². The van der Waals surface area contributed by atoms with Gasteiger partial charge in [-0.15, -0.1) is 0 Å². The molecule has 2 heterocycles. The Morgan fingerprint density at radius 2 is 2.19 bits per heavy atom. The molecule has 0 fully saturated rings. The SMILES string of the molecule is O=C(O)c1oc2ccccc2c1Cn1cnc([N+](=O)[O-])c1. The number of hydrogen-bond donors (Lipinski definition) is 1. The summed E-state index contributed by atoms with van der Waals surface area (Å²) in [5.74, 6) is -1.65. The van der Waals surface area contributed by atoms with Crippen LogP contribution in [-0.2, 0) is 6.54 Å². The van der Waals surface area contributed by atoms with E-state index in [0.29, 0.717) is 16.5 Å². The molecule has 1 aromatic carbocycles. The van der Waals surface area contributed by atoms with Crippen LogP contribution in [0.2, 0.25) is 0 Å². The Labute approximate surface area is 117 Å². The summed E-state index contributed by atoms with van der Waals surface area (Å²) < 4.78 is 6.77. The van der Waals surface area contributed by atoms with Crippen molar-refractivity contribution < 1.29 is 19.2 Å². The molecule has 0 aliphatic heterocycles. The van der Waals surface area contributed by atoms with Gasteiger partial charge in [-0.1, -0.05) is 18.2 Å². The summed E-state index contributed by atoms with van der Waals surface area (Å²) in [6.45, 7) is 0.124. The van der Waals surface area contributed by atoms with E-state index in [9.17, 15) is 20.0 Å². The number of nitro groups is 1. The molecule has 21 heavy (non-hydrogen) atoms. The van der Waals surface area contributed by atoms with Gasteiger partial charge in [-0.2, -0.15) is 0 Å². The number of benzene rings is 1. The Kier molecular flexibility index (Phi) is 2.90. The lowest BCUT2D eigenvalue weighted by Gasteiger charge is -2.00. The molecule has 3 aromatic rings. The minimum absolute atomic E-state index is 0.124. The summed E-state index contributed by atoms with van der Waals surface area (Å²) in [6, 6.07) is 6.92. The van der Waals surface area contributed by atoms with Gasteiger partial charge in [-0.05, 0) is 16.0 Å². The summed E-state index contributed by atoms with van der Waals surface area (Å²) in [4.78, 5) is 24.9. The Morgan fingerprint density at radius 1 is 1.43 bits per heavy atom. The van der Waals surface area contributed by atoms with Crippen molar-refractivity contribution >= 4 is 22.8 Å². The van der Waals surface area contributed by atoms with Gasteiger partial charge >= 0.3 is 11.8 Å². The maximum atomic E-state index is 11.3. The molecule has 0 amide bonds. The zero-order valence-electron chi connectivity index (χ0n) is 10.6. The van der Waals surface area contributed by atoms with Crippen molar-refractivity contribution in [3.63, 3.8) is 0 Å². The lowest BCUT2D eigenvalue weighted by molar-refractivity contribution is -0.389. The zero-order valence-corrected chi connectivity index (χ0v) is 10.6. The number of fused-ring (bicyclic) bond motifs is 1. The minimum atomic E-state index is -1.18. The number of carbonyl (C=O) groups is 1. The van der Waals surface area contributed by atoms with Gasteiger partial charge in [-0.3, -0.25) is 0 Å².